The Kier molecular flexibility index (Phi) is 2.61. The monoisotopic (exact) mass is 266 g/mol. The standard InChI is InChI=1S/C11H11BrN2O/c1-3-14-11(12)9-6-8(7(2)15)4-5-10(9)13-14/h4-6H,3H2,1-2H3. The number of carbonyl (C=O) groups excluding carboxylic acids is 1. The van der Waals surface area contributed by atoms with E-state index in [0.717, 1.165) is 27.6 Å². The van der Waals surface area contributed by atoms with Gasteiger partial charge in [-0.3, -0.25) is 9.48 Å². The van der Waals surface area contributed by atoms with Gasteiger partial charge in [-0.05, 0) is 48.0 Å². The second-order valence-electron chi connectivity index (χ2n) is 3.39. The van der Waals surface area contributed by atoms with Crippen molar-refractivity contribution < 1.29 is 4.79 Å². The Morgan fingerprint density at radius 2 is 2.27 bits per heavy atom. The number of benzene rings is 1. The predicted octanol–water partition coefficient (Wildman–Crippen LogP) is 3.02. The highest BCUT2D eigenvalue weighted by atomic mass is 79.9. The third-order valence-corrected chi connectivity index (χ3v) is 3.22. The van der Waals surface area contributed by atoms with Crippen LogP contribution in [0.25, 0.3) is 10.9 Å². The van der Waals surface area contributed by atoms with Crippen LogP contribution in [0, 0.1) is 0 Å². The van der Waals surface area contributed by atoms with E-state index in [4.69, 9.17) is 0 Å². The van der Waals surface area contributed by atoms with Gasteiger partial charge in [0.25, 0.3) is 0 Å². The molecular formula is C11H11BrN2O. The summed E-state index contributed by atoms with van der Waals surface area (Å²) in [5.74, 6) is 0.0769. The minimum absolute atomic E-state index is 0.0769. The van der Waals surface area contributed by atoms with E-state index < -0.39 is 0 Å². The molecule has 1 aromatic heterocycles. The number of Topliss-reactive ketones (excluding diaryl/α,β-unsaturated/α-hetero) is 1. The SMILES string of the molecule is CCn1nc2ccc(C(C)=O)cc2c1Br. The van der Waals surface area contributed by atoms with Crippen LogP contribution in [0.2, 0.25) is 0 Å². The Morgan fingerprint density at radius 1 is 1.53 bits per heavy atom. The van der Waals surface area contributed by atoms with Crippen molar-refractivity contribution in [3.63, 3.8) is 0 Å². The molecule has 0 atom stereocenters. The zero-order valence-corrected chi connectivity index (χ0v) is 10.2. The molecule has 0 aliphatic carbocycles. The highest BCUT2D eigenvalue weighted by molar-refractivity contribution is 9.10. The fourth-order valence-corrected chi connectivity index (χ4v) is 2.18. The molecule has 0 saturated heterocycles. The van der Waals surface area contributed by atoms with E-state index in [1.807, 2.05) is 29.8 Å². The van der Waals surface area contributed by atoms with Crippen molar-refractivity contribution in [3.8, 4) is 0 Å². The van der Waals surface area contributed by atoms with E-state index in [1.54, 1.807) is 6.92 Å². The number of rotatable bonds is 2. The first-order valence-corrected chi connectivity index (χ1v) is 5.59. The van der Waals surface area contributed by atoms with Gasteiger partial charge in [0.15, 0.2) is 5.78 Å². The van der Waals surface area contributed by atoms with Crippen LogP contribution >= 0.6 is 15.9 Å². The number of nitrogens with zero attached hydrogens (tertiary/aromatic N) is 2. The minimum atomic E-state index is 0.0769. The summed E-state index contributed by atoms with van der Waals surface area (Å²) in [6, 6.07) is 5.56. The van der Waals surface area contributed by atoms with Gasteiger partial charge in [-0.15, -0.1) is 0 Å². The molecular weight excluding hydrogens is 256 g/mol. The lowest BCUT2D eigenvalue weighted by molar-refractivity contribution is 0.101. The van der Waals surface area contributed by atoms with Gasteiger partial charge < -0.3 is 0 Å². The Hall–Kier alpha value is -1.16. The van der Waals surface area contributed by atoms with Crippen molar-refractivity contribution in [1.29, 1.82) is 0 Å². The highest BCUT2D eigenvalue weighted by Gasteiger charge is 2.09. The molecule has 2 rings (SSSR count). The first-order chi connectivity index (χ1) is 7.13. The molecule has 15 heavy (non-hydrogen) atoms. The topological polar surface area (TPSA) is 34.9 Å². The van der Waals surface area contributed by atoms with Crippen LogP contribution in [0.3, 0.4) is 0 Å². The number of carbonyl (C=O) groups is 1. The molecule has 0 saturated carbocycles. The van der Waals surface area contributed by atoms with Crippen LogP contribution in [-0.2, 0) is 6.54 Å². The van der Waals surface area contributed by atoms with Crippen molar-refractivity contribution in [2.24, 2.45) is 0 Å². The van der Waals surface area contributed by atoms with Crippen LogP contribution in [0.15, 0.2) is 22.8 Å². The third kappa shape index (κ3) is 1.69. The van der Waals surface area contributed by atoms with Crippen LogP contribution in [0.4, 0.5) is 0 Å². The lowest BCUT2D eigenvalue weighted by Crippen LogP contribution is -1.95. The molecule has 0 amide bonds. The molecule has 0 bridgehead atoms. The Morgan fingerprint density at radius 3 is 2.87 bits per heavy atom. The number of aromatic nitrogens is 2. The van der Waals surface area contributed by atoms with Crippen molar-refractivity contribution in [2.45, 2.75) is 20.4 Å². The summed E-state index contributed by atoms with van der Waals surface area (Å²) >= 11 is 3.48. The summed E-state index contributed by atoms with van der Waals surface area (Å²) < 4.78 is 2.80. The predicted molar refractivity (Wildman–Crippen MR) is 63.1 cm³/mol. The zero-order valence-electron chi connectivity index (χ0n) is 8.62. The summed E-state index contributed by atoms with van der Waals surface area (Å²) in [6.45, 7) is 4.41. The van der Waals surface area contributed by atoms with Gasteiger partial charge in [-0.25, -0.2) is 0 Å². The van der Waals surface area contributed by atoms with Crippen LogP contribution < -0.4 is 0 Å². The van der Waals surface area contributed by atoms with Gasteiger partial charge in [0.1, 0.15) is 4.60 Å². The summed E-state index contributed by atoms with van der Waals surface area (Å²) in [4.78, 5) is 11.2. The smallest absolute Gasteiger partial charge is 0.159 e. The minimum Gasteiger partial charge on any atom is -0.295 e. The Bertz CT molecular complexity index is 531. The maximum absolute atomic E-state index is 11.2. The van der Waals surface area contributed by atoms with Gasteiger partial charge in [0.05, 0.1) is 5.52 Å². The molecule has 78 valence electrons. The van der Waals surface area contributed by atoms with E-state index in [9.17, 15) is 4.79 Å². The van der Waals surface area contributed by atoms with Gasteiger partial charge in [0, 0.05) is 17.5 Å². The van der Waals surface area contributed by atoms with E-state index >= 15 is 0 Å². The molecule has 2 aromatic rings. The molecule has 0 aliphatic heterocycles. The van der Waals surface area contributed by atoms with Crippen LogP contribution in [0.1, 0.15) is 24.2 Å². The second-order valence-corrected chi connectivity index (χ2v) is 4.15. The number of hydrogen-bond donors (Lipinski definition) is 0. The number of aryl methyl sites for hydroxylation is 1. The van der Waals surface area contributed by atoms with E-state index in [1.165, 1.54) is 0 Å². The maximum atomic E-state index is 11.2. The normalized spacial score (nSPS) is 10.9. The van der Waals surface area contributed by atoms with Gasteiger partial charge in [-0.1, -0.05) is 0 Å². The highest BCUT2D eigenvalue weighted by Crippen LogP contribution is 2.24. The average Bonchev–Trinajstić information content (AvgIpc) is 2.55. The lowest BCUT2D eigenvalue weighted by Gasteiger charge is -1.96. The number of ketones is 1. The fourth-order valence-electron chi connectivity index (χ4n) is 1.53. The molecule has 0 unspecified atom stereocenters. The van der Waals surface area contributed by atoms with E-state index in [0.29, 0.717) is 0 Å². The van der Waals surface area contributed by atoms with Gasteiger partial charge >= 0.3 is 0 Å². The number of halogens is 1. The number of fused-ring (bicyclic) bond motifs is 1. The molecule has 0 spiro atoms. The van der Waals surface area contributed by atoms with Gasteiger partial charge in [-0.2, -0.15) is 5.10 Å². The second kappa shape index (κ2) is 3.77. The van der Waals surface area contributed by atoms with Crippen molar-refractivity contribution in [3.05, 3.63) is 28.4 Å². The molecule has 0 radical (unpaired) electrons. The van der Waals surface area contributed by atoms with Crippen molar-refractivity contribution in [1.82, 2.24) is 9.78 Å². The van der Waals surface area contributed by atoms with Crippen LogP contribution in [-0.4, -0.2) is 15.6 Å². The van der Waals surface area contributed by atoms with Crippen molar-refractivity contribution >= 4 is 32.6 Å². The molecule has 1 heterocycles. The van der Waals surface area contributed by atoms with Gasteiger partial charge in [0.2, 0.25) is 0 Å². The largest absolute Gasteiger partial charge is 0.295 e. The average molecular weight is 267 g/mol. The molecule has 0 N–H and O–H groups in total. The van der Waals surface area contributed by atoms with E-state index in [-0.39, 0.29) is 5.78 Å². The summed E-state index contributed by atoms with van der Waals surface area (Å²) in [5, 5.41) is 5.38. The maximum Gasteiger partial charge on any atom is 0.159 e. The van der Waals surface area contributed by atoms with E-state index in [2.05, 4.69) is 21.0 Å². The molecule has 4 heteroatoms. The molecule has 1 aromatic carbocycles. The first-order valence-electron chi connectivity index (χ1n) is 4.80. The lowest BCUT2D eigenvalue weighted by atomic mass is 10.1. The Balaban J connectivity index is 2.70. The third-order valence-electron chi connectivity index (χ3n) is 2.38. The summed E-state index contributed by atoms with van der Waals surface area (Å²) in [5.41, 5.74) is 1.63. The summed E-state index contributed by atoms with van der Waals surface area (Å²) in [7, 11) is 0. The zero-order chi connectivity index (χ0) is 11.0. The fraction of sp³-hybridized carbons (Fsp3) is 0.273. The van der Waals surface area contributed by atoms with Crippen LogP contribution in [0.5, 0.6) is 0 Å². The summed E-state index contributed by atoms with van der Waals surface area (Å²) in [6.07, 6.45) is 0. The molecule has 0 fully saturated rings. The Labute approximate surface area is 96.2 Å². The van der Waals surface area contributed by atoms with Crippen molar-refractivity contribution in [2.75, 3.05) is 0 Å². The number of hydrogen-bond acceptors (Lipinski definition) is 2. The molecule has 0 aliphatic rings. The molecule has 3 nitrogen and oxygen atoms in total. The first kappa shape index (κ1) is 10.4. The quantitative estimate of drug-likeness (QED) is 0.784.